The zero-order chi connectivity index (χ0) is 20.7. The molecule has 1 aliphatic heterocycles. The summed E-state index contributed by atoms with van der Waals surface area (Å²) in [6.07, 6.45) is 4.25. The first-order valence-electron chi connectivity index (χ1n) is 9.16. The van der Waals surface area contributed by atoms with Crippen molar-refractivity contribution in [1.82, 2.24) is 24.1 Å². The monoisotopic (exact) mass is 411 g/mol. The van der Waals surface area contributed by atoms with E-state index in [1.165, 1.54) is 21.5 Å². The average Bonchev–Trinajstić information content (AvgIpc) is 2.74. The molecule has 0 atom stereocenters. The molecule has 1 fully saturated rings. The lowest BCUT2D eigenvalue weighted by molar-refractivity contribution is 0.389. The highest BCUT2D eigenvalue weighted by molar-refractivity contribution is 6.31. The number of pyridine rings is 1. The summed E-state index contributed by atoms with van der Waals surface area (Å²) in [6, 6.07) is 3.51. The molecule has 0 amide bonds. The fraction of sp³-hybridized carbons (Fsp3) is 0.368. The van der Waals surface area contributed by atoms with Gasteiger partial charge in [0, 0.05) is 26.2 Å². The standard InChI is InChI=1S/C19H18ClN7O2/c1-11-14(20)7-15-16(24-11)27(18(29)17(28)25(15)2)13-3-5-26(6-4-13)19-22-9-12(8-21)10-23-19/h7,9-10,13H,3-6H2,1-2H3. The molecule has 0 saturated carbocycles. The van der Waals surface area contributed by atoms with Crippen LogP contribution in [-0.4, -0.2) is 37.2 Å². The molecule has 1 saturated heterocycles. The zero-order valence-electron chi connectivity index (χ0n) is 16.0. The number of halogens is 1. The summed E-state index contributed by atoms with van der Waals surface area (Å²) < 4.78 is 2.81. The van der Waals surface area contributed by atoms with E-state index in [9.17, 15) is 9.59 Å². The average molecular weight is 412 g/mol. The highest BCUT2D eigenvalue weighted by Gasteiger charge is 2.26. The van der Waals surface area contributed by atoms with Gasteiger partial charge >= 0.3 is 11.1 Å². The number of hydrogen-bond acceptors (Lipinski definition) is 7. The number of fused-ring (bicyclic) bond motifs is 1. The second kappa shape index (κ2) is 7.29. The van der Waals surface area contributed by atoms with Crippen LogP contribution in [0.1, 0.15) is 30.1 Å². The topological polar surface area (TPSA) is 110 Å². The molecule has 3 aromatic heterocycles. The maximum atomic E-state index is 12.8. The van der Waals surface area contributed by atoms with Crippen LogP contribution < -0.4 is 16.0 Å². The lowest BCUT2D eigenvalue weighted by Gasteiger charge is -2.33. The normalized spacial score (nSPS) is 14.9. The molecule has 0 spiro atoms. The van der Waals surface area contributed by atoms with Gasteiger partial charge in [-0.25, -0.2) is 15.0 Å². The van der Waals surface area contributed by atoms with Crippen molar-refractivity contribution in [3.63, 3.8) is 0 Å². The van der Waals surface area contributed by atoms with Crippen LogP contribution in [0.3, 0.4) is 0 Å². The number of hydrogen-bond donors (Lipinski definition) is 0. The van der Waals surface area contributed by atoms with Crippen LogP contribution in [0.5, 0.6) is 0 Å². The SMILES string of the molecule is Cc1nc2c(cc1Cl)n(C)c(=O)c(=O)n2C1CCN(c2ncc(C#N)cn2)CC1. The van der Waals surface area contributed by atoms with Crippen LogP contribution in [0.2, 0.25) is 5.02 Å². The third-order valence-electron chi connectivity index (χ3n) is 5.29. The number of aromatic nitrogens is 5. The Morgan fingerprint density at radius 3 is 2.45 bits per heavy atom. The van der Waals surface area contributed by atoms with Crippen molar-refractivity contribution in [1.29, 1.82) is 5.26 Å². The van der Waals surface area contributed by atoms with Gasteiger partial charge in [0.25, 0.3) is 0 Å². The summed E-state index contributed by atoms with van der Waals surface area (Å²) in [4.78, 5) is 40.3. The lowest BCUT2D eigenvalue weighted by Crippen LogP contribution is -2.45. The number of aryl methyl sites for hydroxylation is 2. The van der Waals surface area contributed by atoms with E-state index in [1.54, 1.807) is 20.0 Å². The smallest absolute Gasteiger partial charge is 0.318 e. The van der Waals surface area contributed by atoms with E-state index >= 15 is 0 Å². The molecule has 10 heteroatoms. The van der Waals surface area contributed by atoms with E-state index in [0.717, 1.165) is 0 Å². The molecule has 3 aromatic rings. The summed E-state index contributed by atoms with van der Waals surface area (Å²) in [7, 11) is 1.55. The summed E-state index contributed by atoms with van der Waals surface area (Å²) in [5, 5.41) is 9.32. The van der Waals surface area contributed by atoms with Crippen molar-refractivity contribution in [3.8, 4) is 6.07 Å². The third-order valence-corrected chi connectivity index (χ3v) is 5.67. The van der Waals surface area contributed by atoms with Gasteiger partial charge in [-0.1, -0.05) is 11.6 Å². The maximum Gasteiger partial charge on any atom is 0.318 e. The minimum Gasteiger partial charge on any atom is -0.341 e. The maximum absolute atomic E-state index is 12.8. The Hall–Kier alpha value is -3.25. The molecule has 0 bridgehead atoms. The van der Waals surface area contributed by atoms with Crippen LogP contribution in [0, 0.1) is 18.3 Å². The van der Waals surface area contributed by atoms with E-state index in [0.29, 0.717) is 59.3 Å². The molecule has 0 N–H and O–H groups in total. The molecule has 4 heterocycles. The van der Waals surface area contributed by atoms with Gasteiger partial charge in [-0.15, -0.1) is 0 Å². The van der Waals surface area contributed by atoms with Crippen LogP contribution in [0.15, 0.2) is 28.0 Å². The molecule has 148 valence electrons. The van der Waals surface area contributed by atoms with Gasteiger partial charge in [-0.2, -0.15) is 5.26 Å². The number of anilines is 1. The Bertz CT molecular complexity index is 1250. The van der Waals surface area contributed by atoms with Crippen molar-refractivity contribution in [3.05, 3.63) is 55.4 Å². The van der Waals surface area contributed by atoms with E-state index in [2.05, 4.69) is 15.0 Å². The fourth-order valence-electron chi connectivity index (χ4n) is 3.64. The predicted octanol–water partition coefficient (Wildman–Crippen LogP) is 1.56. The zero-order valence-corrected chi connectivity index (χ0v) is 16.7. The lowest BCUT2D eigenvalue weighted by atomic mass is 10.0. The fourth-order valence-corrected chi connectivity index (χ4v) is 3.79. The van der Waals surface area contributed by atoms with Crippen LogP contribution in [0.25, 0.3) is 11.2 Å². The van der Waals surface area contributed by atoms with Crippen molar-refractivity contribution in [2.45, 2.75) is 25.8 Å². The van der Waals surface area contributed by atoms with E-state index in [4.69, 9.17) is 16.9 Å². The van der Waals surface area contributed by atoms with Gasteiger partial charge in [0.05, 0.1) is 34.2 Å². The van der Waals surface area contributed by atoms with Crippen LogP contribution in [0.4, 0.5) is 5.95 Å². The van der Waals surface area contributed by atoms with Gasteiger partial charge in [0.2, 0.25) is 5.95 Å². The predicted molar refractivity (Wildman–Crippen MR) is 108 cm³/mol. The Morgan fingerprint density at radius 2 is 1.83 bits per heavy atom. The van der Waals surface area contributed by atoms with E-state index in [1.807, 2.05) is 11.0 Å². The molecular weight excluding hydrogens is 394 g/mol. The molecular formula is C19H18ClN7O2. The number of nitriles is 1. The quantitative estimate of drug-likeness (QED) is 0.588. The van der Waals surface area contributed by atoms with Crippen molar-refractivity contribution in [2.75, 3.05) is 18.0 Å². The first-order chi connectivity index (χ1) is 13.9. The van der Waals surface area contributed by atoms with Crippen molar-refractivity contribution < 1.29 is 0 Å². The summed E-state index contributed by atoms with van der Waals surface area (Å²) >= 11 is 6.19. The first kappa shape index (κ1) is 19.1. The molecule has 0 radical (unpaired) electrons. The molecule has 0 aliphatic carbocycles. The molecule has 0 aromatic carbocycles. The number of rotatable bonds is 2. The van der Waals surface area contributed by atoms with E-state index < -0.39 is 11.1 Å². The van der Waals surface area contributed by atoms with Gasteiger partial charge < -0.3 is 9.47 Å². The number of piperidine rings is 1. The Balaban J connectivity index is 1.69. The molecule has 29 heavy (non-hydrogen) atoms. The Morgan fingerprint density at radius 1 is 1.17 bits per heavy atom. The van der Waals surface area contributed by atoms with Gasteiger partial charge in [0.15, 0.2) is 5.65 Å². The summed E-state index contributed by atoms with van der Waals surface area (Å²) in [6.45, 7) is 3.01. The summed E-state index contributed by atoms with van der Waals surface area (Å²) in [5.41, 5.74) is 0.825. The third kappa shape index (κ3) is 3.25. The van der Waals surface area contributed by atoms with Crippen LogP contribution in [-0.2, 0) is 7.05 Å². The molecule has 9 nitrogen and oxygen atoms in total. The molecule has 1 aliphatic rings. The molecule has 4 rings (SSSR count). The number of nitrogens with zero attached hydrogens (tertiary/aromatic N) is 7. The summed E-state index contributed by atoms with van der Waals surface area (Å²) in [5.74, 6) is 0.546. The Labute approximate surface area is 170 Å². The minimum absolute atomic E-state index is 0.165. The van der Waals surface area contributed by atoms with Gasteiger partial charge in [-0.05, 0) is 25.8 Å². The van der Waals surface area contributed by atoms with Gasteiger partial charge in [0.1, 0.15) is 6.07 Å². The first-order valence-corrected chi connectivity index (χ1v) is 9.54. The Kier molecular flexibility index (Phi) is 4.80. The molecule has 0 unspecified atom stereocenters. The second-order valence-corrected chi connectivity index (χ2v) is 7.45. The minimum atomic E-state index is -0.600. The van der Waals surface area contributed by atoms with Gasteiger partial charge in [-0.3, -0.25) is 14.2 Å². The van der Waals surface area contributed by atoms with Crippen molar-refractivity contribution in [2.24, 2.45) is 7.05 Å². The second-order valence-electron chi connectivity index (χ2n) is 7.04. The largest absolute Gasteiger partial charge is 0.341 e. The van der Waals surface area contributed by atoms with Crippen LogP contribution >= 0.6 is 11.6 Å². The van der Waals surface area contributed by atoms with Crippen molar-refractivity contribution >= 4 is 28.7 Å². The van der Waals surface area contributed by atoms with E-state index in [-0.39, 0.29) is 6.04 Å². The highest BCUT2D eigenvalue weighted by atomic mass is 35.5. The highest BCUT2D eigenvalue weighted by Crippen LogP contribution is 2.27.